The van der Waals surface area contributed by atoms with Crippen LogP contribution in [0, 0.1) is 11.3 Å². The third-order valence-electron chi connectivity index (χ3n) is 6.16. The highest BCUT2D eigenvalue weighted by atomic mass is 19.4. The molecule has 2 heterocycles. The Hall–Kier alpha value is -2.17. The van der Waals surface area contributed by atoms with E-state index in [4.69, 9.17) is 0 Å². The molecule has 3 fully saturated rings. The van der Waals surface area contributed by atoms with Crippen LogP contribution in [0.15, 0.2) is 0 Å². The van der Waals surface area contributed by atoms with E-state index in [1.807, 2.05) is 0 Å². The van der Waals surface area contributed by atoms with Crippen molar-refractivity contribution in [1.82, 2.24) is 15.5 Å². The van der Waals surface area contributed by atoms with Crippen molar-refractivity contribution in [2.45, 2.75) is 63.9 Å². The molecule has 1 aliphatic carbocycles. The van der Waals surface area contributed by atoms with Crippen LogP contribution in [0.4, 0.5) is 13.2 Å². The van der Waals surface area contributed by atoms with E-state index in [1.165, 1.54) is 4.90 Å². The van der Waals surface area contributed by atoms with Crippen molar-refractivity contribution in [3.63, 3.8) is 0 Å². The van der Waals surface area contributed by atoms with Crippen molar-refractivity contribution in [2.24, 2.45) is 11.3 Å². The monoisotopic (exact) mass is 433 g/mol. The second-order valence-corrected chi connectivity index (χ2v) is 8.37. The van der Waals surface area contributed by atoms with E-state index in [-0.39, 0.29) is 30.1 Å². The fourth-order valence-electron chi connectivity index (χ4n) is 4.24. The summed E-state index contributed by atoms with van der Waals surface area (Å²) >= 11 is 0. The standard InChI is InChI=1S/C19H26F3N3O5/c1-2-15(27)25-10-18(4-5-18)8-13(25)17(29)24-12(7-11-3-6-23-16(11)28)14(26)9-30-19(20,21)22/h11-13H,2-10H2,1H3,(H,23,28)(H,24,29)/t11-,12?,13-/m0/s1. The average molecular weight is 433 g/mol. The van der Waals surface area contributed by atoms with Gasteiger partial charge in [0, 0.05) is 25.4 Å². The molecular formula is C19H26F3N3O5. The maximum absolute atomic E-state index is 12.9. The number of carbonyl (C=O) groups excluding carboxylic acids is 4. The van der Waals surface area contributed by atoms with Gasteiger partial charge in [-0.25, -0.2) is 0 Å². The number of nitrogens with zero attached hydrogens (tertiary/aromatic N) is 1. The minimum absolute atomic E-state index is 0.0723. The van der Waals surface area contributed by atoms with E-state index in [9.17, 15) is 32.3 Å². The summed E-state index contributed by atoms with van der Waals surface area (Å²) in [4.78, 5) is 51.0. The number of ketones is 1. The molecule has 2 aliphatic heterocycles. The third kappa shape index (κ3) is 5.30. The fourth-order valence-corrected chi connectivity index (χ4v) is 4.24. The molecule has 1 saturated carbocycles. The topological polar surface area (TPSA) is 105 Å². The maximum Gasteiger partial charge on any atom is 0.522 e. The quantitative estimate of drug-likeness (QED) is 0.592. The maximum atomic E-state index is 12.9. The van der Waals surface area contributed by atoms with E-state index in [0.717, 1.165) is 12.8 Å². The molecule has 3 rings (SSSR count). The lowest BCUT2D eigenvalue weighted by molar-refractivity contribution is -0.321. The molecule has 1 unspecified atom stereocenters. The Balaban J connectivity index is 1.70. The van der Waals surface area contributed by atoms with Crippen LogP contribution in [0.25, 0.3) is 0 Å². The van der Waals surface area contributed by atoms with E-state index >= 15 is 0 Å². The predicted octanol–water partition coefficient (Wildman–Crippen LogP) is 0.894. The Morgan fingerprint density at radius 1 is 1.33 bits per heavy atom. The Labute approximate surface area is 171 Å². The van der Waals surface area contributed by atoms with Crippen LogP contribution in [0.2, 0.25) is 0 Å². The molecule has 168 valence electrons. The zero-order chi connectivity index (χ0) is 22.1. The number of amides is 3. The zero-order valence-corrected chi connectivity index (χ0v) is 16.7. The van der Waals surface area contributed by atoms with Gasteiger partial charge in [-0.15, -0.1) is 13.2 Å². The number of hydrogen-bond acceptors (Lipinski definition) is 5. The molecule has 3 amide bonds. The minimum atomic E-state index is -4.98. The van der Waals surface area contributed by atoms with Gasteiger partial charge in [0.1, 0.15) is 12.6 Å². The number of carbonyl (C=O) groups is 4. The molecule has 2 saturated heterocycles. The normalized spacial score (nSPS) is 25.9. The van der Waals surface area contributed by atoms with E-state index < -0.39 is 42.7 Å². The summed E-state index contributed by atoms with van der Waals surface area (Å²) in [5.74, 6) is -2.62. The van der Waals surface area contributed by atoms with Crippen molar-refractivity contribution < 1.29 is 37.1 Å². The summed E-state index contributed by atoms with van der Waals surface area (Å²) in [5, 5.41) is 5.11. The largest absolute Gasteiger partial charge is 0.522 e. The second kappa shape index (κ2) is 8.52. The van der Waals surface area contributed by atoms with E-state index in [2.05, 4.69) is 15.4 Å². The average Bonchev–Trinajstić information content (AvgIpc) is 3.14. The van der Waals surface area contributed by atoms with Crippen molar-refractivity contribution >= 4 is 23.5 Å². The molecule has 0 radical (unpaired) electrons. The summed E-state index contributed by atoms with van der Waals surface area (Å²) in [6.07, 6.45) is -2.16. The summed E-state index contributed by atoms with van der Waals surface area (Å²) < 4.78 is 40.7. The van der Waals surface area contributed by atoms with Crippen molar-refractivity contribution in [2.75, 3.05) is 19.7 Å². The number of hydrogen-bond donors (Lipinski definition) is 2. The summed E-state index contributed by atoms with van der Waals surface area (Å²) in [6.45, 7) is 1.31. The summed E-state index contributed by atoms with van der Waals surface area (Å²) in [5.41, 5.74) is -0.0723. The van der Waals surface area contributed by atoms with Crippen LogP contribution >= 0.6 is 0 Å². The van der Waals surface area contributed by atoms with E-state index in [1.54, 1.807) is 6.92 Å². The molecule has 2 N–H and O–H groups in total. The van der Waals surface area contributed by atoms with Gasteiger partial charge in [-0.3, -0.25) is 23.9 Å². The highest BCUT2D eigenvalue weighted by Crippen LogP contribution is 2.54. The smallest absolute Gasteiger partial charge is 0.356 e. The van der Waals surface area contributed by atoms with Crippen LogP contribution in [-0.4, -0.2) is 66.5 Å². The number of halogens is 3. The molecule has 8 nitrogen and oxygen atoms in total. The van der Waals surface area contributed by atoms with Gasteiger partial charge in [0.05, 0.1) is 6.04 Å². The predicted molar refractivity (Wildman–Crippen MR) is 96.8 cm³/mol. The van der Waals surface area contributed by atoms with Crippen LogP contribution in [-0.2, 0) is 23.9 Å². The Morgan fingerprint density at radius 2 is 2.03 bits per heavy atom. The Kier molecular flexibility index (Phi) is 6.40. The number of likely N-dealkylation sites (tertiary alicyclic amines) is 1. The van der Waals surface area contributed by atoms with Crippen LogP contribution in [0.1, 0.15) is 45.4 Å². The van der Waals surface area contributed by atoms with E-state index in [0.29, 0.717) is 25.9 Å². The van der Waals surface area contributed by atoms with Gasteiger partial charge in [-0.05, 0) is 37.5 Å². The van der Waals surface area contributed by atoms with Gasteiger partial charge in [0.15, 0.2) is 5.78 Å². The minimum Gasteiger partial charge on any atom is -0.356 e. The first-order valence-corrected chi connectivity index (χ1v) is 10.1. The van der Waals surface area contributed by atoms with Gasteiger partial charge in [0.25, 0.3) is 0 Å². The highest BCUT2D eigenvalue weighted by molar-refractivity contribution is 5.94. The molecule has 3 atom stereocenters. The summed E-state index contributed by atoms with van der Waals surface area (Å²) in [6, 6.07) is -2.07. The van der Waals surface area contributed by atoms with Gasteiger partial charge in [-0.1, -0.05) is 6.92 Å². The van der Waals surface area contributed by atoms with Crippen LogP contribution in [0.5, 0.6) is 0 Å². The molecule has 11 heteroatoms. The van der Waals surface area contributed by atoms with Gasteiger partial charge in [0.2, 0.25) is 17.7 Å². The number of alkyl halides is 3. The SMILES string of the molecule is CCC(=O)N1CC2(CC2)C[C@H]1C(=O)NC(C[C@@H]1CCNC1=O)C(=O)COC(F)(F)F. The van der Waals surface area contributed by atoms with Crippen molar-refractivity contribution in [3.8, 4) is 0 Å². The van der Waals surface area contributed by atoms with Crippen LogP contribution in [0.3, 0.4) is 0 Å². The second-order valence-electron chi connectivity index (χ2n) is 8.37. The molecule has 0 aromatic rings. The number of rotatable bonds is 8. The summed E-state index contributed by atoms with van der Waals surface area (Å²) in [7, 11) is 0. The molecule has 1 spiro atoms. The molecule has 3 aliphatic rings. The first-order valence-electron chi connectivity index (χ1n) is 10.1. The zero-order valence-electron chi connectivity index (χ0n) is 16.7. The lowest BCUT2D eigenvalue weighted by Crippen LogP contribution is -2.52. The van der Waals surface area contributed by atoms with Crippen molar-refractivity contribution in [1.29, 1.82) is 0 Å². The molecular weight excluding hydrogens is 407 g/mol. The molecule has 30 heavy (non-hydrogen) atoms. The van der Waals surface area contributed by atoms with Crippen LogP contribution < -0.4 is 10.6 Å². The first-order chi connectivity index (χ1) is 14.0. The van der Waals surface area contributed by atoms with Gasteiger partial charge in [-0.2, -0.15) is 0 Å². The lowest BCUT2D eigenvalue weighted by Gasteiger charge is -2.26. The third-order valence-corrected chi connectivity index (χ3v) is 6.16. The lowest BCUT2D eigenvalue weighted by atomic mass is 9.95. The molecule has 0 aromatic heterocycles. The van der Waals surface area contributed by atoms with Crippen molar-refractivity contribution in [3.05, 3.63) is 0 Å². The molecule has 0 aromatic carbocycles. The fraction of sp³-hybridized carbons (Fsp3) is 0.789. The number of ether oxygens (including phenoxy) is 1. The highest BCUT2D eigenvalue weighted by Gasteiger charge is 2.55. The van der Waals surface area contributed by atoms with Gasteiger partial charge < -0.3 is 15.5 Å². The Bertz CT molecular complexity index is 723. The first kappa shape index (κ1) is 22.5. The molecule has 0 bridgehead atoms. The Morgan fingerprint density at radius 3 is 2.57 bits per heavy atom. The number of nitrogens with one attached hydrogen (secondary N) is 2. The van der Waals surface area contributed by atoms with Gasteiger partial charge >= 0.3 is 6.36 Å². The number of Topliss-reactive ketones (excluding diaryl/α,β-unsaturated/α-hetero) is 1.